The summed E-state index contributed by atoms with van der Waals surface area (Å²) >= 11 is 3.46. The number of nitrogens with one attached hydrogen (secondary N) is 1. The van der Waals surface area contributed by atoms with Crippen LogP contribution >= 0.6 is 15.9 Å². The zero-order valence-corrected chi connectivity index (χ0v) is 11.9. The summed E-state index contributed by atoms with van der Waals surface area (Å²) in [6.07, 6.45) is 5.51. The summed E-state index contributed by atoms with van der Waals surface area (Å²) in [5.41, 5.74) is 3.14. The molecule has 0 unspecified atom stereocenters. The van der Waals surface area contributed by atoms with Gasteiger partial charge in [0.05, 0.1) is 4.47 Å². The fourth-order valence-electron chi connectivity index (χ4n) is 1.80. The van der Waals surface area contributed by atoms with E-state index in [2.05, 4.69) is 43.2 Å². The third-order valence-corrected chi connectivity index (χ3v) is 3.52. The van der Waals surface area contributed by atoms with Crippen LogP contribution in [-0.4, -0.2) is 19.6 Å². The van der Waals surface area contributed by atoms with Crippen molar-refractivity contribution in [1.82, 2.24) is 19.6 Å². The molecular weight excluding hydrogens is 306 g/mol. The Morgan fingerprint density at radius 2 is 2.26 bits per heavy atom. The number of rotatable bonds is 3. The molecular formula is C13H12BrN5. The molecule has 0 radical (unpaired) electrons. The SMILES string of the molecule is Cc1ccncc1CNc1nc2c(Br)cccn2n1. The predicted molar refractivity (Wildman–Crippen MR) is 77.0 cm³/mol. The van der Waals surface area contributed by atoms with Crippen LogP contribution in [0.5, 0.6) is 0 Å². The average Bonchev–Trinajstić information content (AvgIpc) is 2.82. The van der Waals surface area contributed by atoms with Gasteiger partial charge in [-0.15, -0.1) is 5.10 Å². The highest BCUT2D eigenvalue weighted by Gasteiger charge is 2.06. The largest absolute Gasteiger partial charge is 0.349 e. The summed E-state index contributed by atoms with van der Waals surface area (Å²) in [6.45, 7) is 2.72. The molecule has 0 aliphatic rings. The first-order valence-corrected chi connectivity index (χ1v) is 6.67. The Kier molecular flexibility index (Phi) is 3.16. The Morgan fingerprint density at radius 3 is 3.05 bits per heavy atom. The van der Waals surface area contributed by atoms with Gasteiger partial charge in [0.2, 0.25) is 5.95 Å². The van der Waals surface area contributed by atoms with Gasteiger partial charge in [-0.2, -0.15) is 4.98 Å². The maximum atomic E-state index is 4.43. The number of halogens is 1. The van der Waals surface area contributed by atoms with Gasteiger partial charge in [0.1, 0.15) is 0 Å². The second-order valence-corrected chi connectivity index (χ2v) is 5.07. The molecule has 3 aromatic rings. The molecule has 0 spiro atoms. The normalized spacial score (nSPS) is 10.8. The van der Waals surface area contributed by atoms with Gasteiger partial charge in [0.25, 0.3) is 0 Å². The first-order chi connectivity index (χ1) is 9.24. The van der Waals surface area contributed by atoms with E-state index in [0.717, 1.165) is 15.7 Å². The van der Waals surface area contributed by atoms with Crippen LogP contribution in [0.25, 0.3) is 5.65 Å². The Labute approximate surface area is 118 Å². The molecule has 0 saturated carbocycles. The van der Waals surface area contributed by atoms with Gasteiger partial charge in [0, 0.05) is 25.1 Å². The number of fused-ring (bicyclic) bond motifs is 1. The third kappa shape index (κ3) is 2.44. The van der Waals surface area contributed by atoms with E-state index in [4.69, 9.17) is 0 Å². The second kappa shape index (κ2) is 4.97. The third-order valence-electron chi connectivity index (χ3n) is 2.90. The second-order valence-electron chi connectivity index (χ2n) is 4.22. The lowest BCUT2D eigenvalue weighted by molar-refractivity contribution is 0.945. The topological polar surface area (TPSA) is 55.1 Å². The molecule has 0 aliphatic heterocycles. The molecule has 5 nitrogen and oxygen atoms in total. The van der Waals surface area contributed by atoms with E-state index in [1.807, 2.05) is 30.6 Å². The summed E-state index contributed by atoms with van der Waals surface area (Å²) in [7, 11) is 0. The van der Waals surface area contributed by atoms with Crippen LogP contribution in [-0.2, 0) is 6.54 Å². The van der Waals surface area contributed by atoms with Crippen molar-refractivity contribution in [2.75, 3.05) is 5.32 Å². The lowest BCUT2D eigenvalue weighted by atomic mass is 10.2. The zero-order valence-electron chi connectivity index (χ0n) is 10.3. The summed E-state index contributed by atoms with van der Waals surface area (Å²) in [6, 6.07) is 5.85. The van der Waals surface area contributed by atoms with Crippen LogP contribution in [0.15, 0.2) is 41.3 Å². The fraction of sp³-hybridized carbons (Fsp3) is 0.154. The quantitative estimate of drug-likeness (QED) is 0.807. The highest BCUT2D eigenvalue weighted by Crippen LogP contribution is 2.17. The molecule has 0 aliphatic carbocycles. The summed E-state index contributed by atoms with van der Waals surface area (Å²) < 4.78 is 2.66. The highest BCUT2D eigenvalue weighted by molar-refractivity contribution is 9.10. The van der Waals surface area contributed by atoms with Crippen molar-refractivity contribution in [1.29, 1.82) is 0 Å². The molecule has 0 bridgehead atoms. The van der Waals surface area contributed by atoms with Crippen LogP contribution < -0.4 is 5.32 Å². The molecule has 3 heterocycles. The van der Waals surface area contributed by atoms with Crippen molar-refractivity contribution in [3.8, 4) is 0 Å². The molecule has 0 amide bonds. The maximum absolute atomic E-state index is 4.43. The molecule has 0 atom stereocenters. The summed E-state index contributed by atoms with van der Waals surface area (Å²) in [4.78, 5) is 8.55. The first kappa shape index (κ1) is 12.1. The molecule has 96 valence electrons. The Hall–Kier alpha value is -1.95. The van der Waals surface area contributed by atoms with E-state index in [0.29, 0.717) is 12.5 Å². The maximum Gasteiger partial charge on any atom is 0.243 e. The molecule has 0 saturated heterocycles. The van der Waals surface area contributed by atoms with Gasteiger partial charge in [-0.1, -0.05) is 0 Å². The van der Waals surface area contributed by atoms with Gasteiger partial charge >= 0.3 is 0 Å². The van der Waals surface area contributed by atoms with Crippen molar-refractivity contribution in [2.24, 2.45) is 0 Å². The van der Waals surface area contributed by atoms with Crippen molar-refractivity contribution in [3.63, 3.8) is 0 Å². The molecule has 0 aromatic carbocycles. The summed E-state index contributed by atoms with van der Waals surface area (Å²) in [5.74, 6) is 0.607. The van der Waals surface area contributed by atoms with E-state index in [1.54, 1.807) is 10.7 Å². The van der Waals surface area contributed by atoms with E-state index in [-0.39, 0.29) is 0 Å². The van der Waals surface area contributed by atoms with Gasteiger partial charge in [-0.25, -0.2) is 4.52 Å². The highest BCUT2D eigenvalue weighted by atomic mass is 79.9. The minimum absolute atomic E-state index is 0.607. The van der Waals surface area contributed by atoms with Crippen LogP contribution in [0.4, 0.5) is 5.95 Å². The van der Waals surface area contributed by atoms with Crippen molar-refractivity contribution < 1.29 is 0 Å². The standard InChI is InChI=1S/C13H12BrN5/c1-9-4-5-15-7-10(9)8-16-13-17-12-11(14)3-2-6-19(12)18-13/h2-7H,8H2,1H3,(H,16,18). The van der Waals surface area contributed by atoms with E-state index in [1.165, 1.54) is 5.56 Å². The number of aromatic nitrogens is 4. The van der Waals surface area contributed by atoms with Gasteiger partial charge < -0.3 is 5.32 Å². The minimum Gasteiger partial charge on any atom is -0.349 e. The molecule has 3 rings (SSSR count). The minimum atomic E-state index is 0.607. The number of pyridine rings is 2. The molecule has 3 aromatic heterocycles. The van der Waals surface area contributed by atoms with Crippen LogP contribution in [0.2, 0.25) is 0 Å². The van der Waals surface area contributed by atoms with Crippen LogP contribution in [0.1, 0.15) is 11.1 Å². The first-order valence-electron chi connectivity index (χ1n) is 5.88. The van der Waals surface area contributed by atoms with Crippen molar-refractivity contribution in [2.45, 2.75) is 13.5 Å². The molecule has 6 heteroatoms. The molecule has 1 N–H and O–H groups in total. The fourth-order valence-corrected chi connectivity index (χ4v) is 2.23. The Bertz CT molecular complexity index is 722. The summed E-state index contributed by atoms with van der Waals surface area (Å²) in [5, 5.41) is 7.58. The van der Waals surface area contributed by atoms with Crippen molar-refractivity contribution >= 4 is 27.5 Å². The average molecular weight is 318 g/mol. The molecule has 19 heavy (non-hydrogen) atoms. The number of hydrogen-bond acceptors (Lipinski definition) is 4. The van der Waals surface area contributed by atoms with Crippen LogP contribution in [0, 0.1) is 6.92 Å². The van der Waals surface area contributed by atoms with Crippen LogP contribution in [0.3, 0.4) is 0 Å². The van der Waals surface area contributed by atoms with Gasteiger partial charge in [-0.3, -0.25) is 4.98 Å². The number of aryl methyl sites for hydroxylation is 1. The monoisotopic (exact) mass is 317 g/mol. The Morgan fingerprint density at radius 1 is 1.37 bits per heavy atom. The molecule has 0 fully saturated rings. The Balaban J connectivity index is 1.83. The van der Waals surface area contributed by atoms with E-state index in [9.17, 15) is 0 Å². The van der Waals surface area contributed by atoms with Crippen molar-refractivity contribution in [3.05, 3.63) is 52.4 Å². The van der Waals surface area contributed by atoms with E-state index < -0.39 is 0 Å². The number of nitrogens with zero attached hydrogens (tertiary/aromatic N) is 4. The smallest absolute Gasteiger partial charge is 0.243 e. The van der Waals surface area contributed by atoms with Gasteiger partial charge in [-0.05, 0) is 52.2 Å². The number of anilines is 1. The lowest BCUT2D eigenvalue weighted by Gasteiger charge is -2.04. The predicted octanol–water partition coefficient (Wildman–Crippen LogP) is 2.81. The van der Waals surface area contributed by atoms with Gasteiger partial charge in [0.15, 0.2) is 5.65 Å². The zero-order chi connectivity index (χ0) is 13.2. The van der Waals surface area contributed by atoms with E-state index >= 15 is 0 Å². The number of hydrogen-bond donors (Lipinski definition) is 1. The lowest BCUT2D eigenvalue weighted by Crippen LogP contribution is -2.03.